The lowest BCUT2D eigenvalue weighted by Gasteiger charge is -2.04. The SMILES string of the molecule is CCNC(=O)NC(=O)COC(=O)/C=C/c1c(C)nn(-c2ccc(F)cc2)c1Cl. The summed E-state index contributed by atoms with van der Waals surface area (Å²) in [5, 5.41) is 8.86. The molecule has 0 aliphatic rings. The summed E-state index contributed by atoms with van der Waals surface area (Å²) in [5.74, 6) is -1.94. The molecule has 10 heteroatoms. The third-order valence-corrected chi connectivity index (χ3v) is 3.80. The summed E-state index contributed by atoms with van der Waals surface area (Å²) in [7, 11) is 0. The zero-order chi connectivity index (χ0) is 20.7. The van der Waals surface area contributed by atoms with Gasteiger partial charge in [0.05, 0.1) is 11.4 Å². The third kappa shape index (κ3) is 5.65. The van der Waals surface area contributed by atoms with Gasteiger partial charge in [-0.2, -0.15) is 5.10 Å². The van der Waals surface area contributed by atoms with E-state index in [1.54, 1.807) is 13.8 Å². The number of aromatic nitrogens is 2. The second-order valence-electron chi connectivity index (χ2n) is 5.53. The Hall–Kier alpha value is -3.20. The van der Waals surface area contributed by atoms with Crippen molar-refractivity contribution in [3.05, 3.63) is 52.6 Å². The van der Waals surface area contributed by atoms with Gasteiger partial charge in [0.25, 0.3) is 5.91 Å². The lowest BCUT2D eigenvalue weighted by atomic mass is 10.2. The molecular weight excluding hydrogens is 391 g/mol. The number of amides is 3. The number of carbonyl (C=O) groups excluding carboxylic acids is 3. The van der Waals surface area contributed by atoms with E-state index >= 15 is 0 Å². The number of nitrogens with one attached hydrogen (secondary N) is 2. The molecule has 2 aromatic rings. The number of hydrogen-bond acceptors (Lipinski definition) is 5. The van der Waals surface area contributed by atoms with Crippen LogP contribution in [0.1, 0.15) is 18.2 Å². The van der Waals surface area contributed by atoms with Crippen LogP contribution in [0, 0.1) is 12.7 Å². The molecular formula is C18H18ClFN4O4. The minimum absolute atomic E-state index is 0.224. The molecule has 0 aliphatic heterocycles. The van der Waals surface area contributed by atoms with Crippen molar-refractivity contribution >= 4 is 35.6 Å². The summed E-state index contributed by atoms with van der Waals surface area (Å²) in [5.41, 5.74) is 1.56. The summed E-state index contributed by atoms with van der Waals surface area (Å²) in [4.78, 5) is 34.4. The van der Waals surface area contributed by atoms with Crippen LogP contribution in [0.25, 0.3) is 11.8 Å². The molecule has 8 nitrogen and oxygen atoms in total. The zero-order valence-electron chi connectivity index (χ0n) is 15.2. The Bertz CT molecular complexity index is 909. The number of nitrogens with zero attached hydrogens (tertiary/aromatic N) is 2. The van der Waals surface area contributed by atoms with Crippen molar-refractivity contribution in [2.24, 2.45) is 0 Å². The number of hydrogen-bond donors (Lipinski definition) is 2. The first-order valence-corrected chi connectivity index (χ1v) is 8.63. The first kappa shape index (κ1) is 21.1. The lowest BCUT2D eigenvalue weighted by Crippen LogP contribution is -2.41. The summed E-state index contributed by atoms with van der Waals surface area (Å²) in [6, 6.07) is 4.92. The van der Waals surface area contributed by atoms with E-state index in [0.29, 0.717) is 23.5 Å². The zero-order valence-corrected chi connectivity index (χ0v) is 15.9. The van der Waals surface area contributed by atoms with Crippen molar-refractivity contribution in [2.45, 2.75) is 13.8 Å². The van der Waals surface area contributed by atoms with Gasteiger partial charge in [0.15, 0.2) is 6.61 Å². The second kappa shape index (κ2) is 9.65. The van der Waals surface area contributed by atoms with E-state index in [1.807, 2.05) is 5.32 Å². The van der Waals surface area contributed by atoms with Gasteiger partial charge >= 0.3 is 12.0 Å². The maximum absolute atomic E-state index is 13.1. The average molecular weight is 409 g/mol. The number of imide groups is 1. The van der Waals surface area contributed by atoms with Crippen LogP contribution in [-0.4, -0.2) is 40.8 Å². The van der Waals surface area contributed by atoms with Crippen LogP contribution in [-0.2, 0) is 14.3 Å². The molecule has 0 atom stereocenters. The van der Waals surface area contributed by atoms with Gasteiger partial charge < -0.3 is 10.1 Å². The van der Waals surface area contributed by atoms with Crippen LogP contribution in [0.15, 0.2) is 30.3 Å². The molecule has 2 N–H and O–H groups in total. The van der Waals surface area contributed by atoms with E-state index < -0.39 is 24.5 Å². The van der Waals surface area contributed by atoms with E-state index in [0.717, 1.165) is 6.08 Å². The number of ether oxygens (including phenoxy) is 1. The van der Waals surface area contributed by atoms with Gasteiger partial charge in [-0.15, -0.1) is 0 Å². The molecule has 2 rings (SSSR count). The number of carbonyl (C=O) groups is 3. The summed E-state index contributed by atoms with van der Waals surface area (Å²) in [6.45, 7) is 3.13. The Morgan fingerprint density at radius 3 is 2.61 bits per heavy atom. The van der Waals surface area contributed by atoms with Crippen LogP contribution in [0.4, 0.5) is 9.18 Å². The first-order chi connectivity index (χ1) is 13.3. The van der Waals surface area contributed by atoms with Gasteiger partial charge in [0.1, 0.15) is 11.0 Å². The molecule has 1 aromatic heterocycles. The number of rotatable bonds is 6. The van der Waals surface area contributed by atoms with Crippen molar-refractivity contribution < 1.29 is 23.5 Å². The molecule has 1 heterocycles. The van der Waals surface area contributed by atoms with Crippen molar-refractivity contribution in [3.63, 3.8) is 0 Å². The first-order valence-electron chi connectivity index (χ1n) is 8.25. The number of aryl methyl sites for hydroxylation is 1. The van der Waals surface area contributed by atoms with Gasteiger partial charge in [-0.25, -0.2) is 18.7 Å². The van der Waals surface area contributed by atoms with E-state index in [9.17, 15) is 18.8 Å². The highest BCUT2D eigenvalue weighted by molar-refractivity contribution is 6.31. The molecule has 0 saturated carbocycles. The maximum atomic E-state index is 13.1. The monoisotopic (exact) mass is 408 g/mol. The third-order valence-electron chi connectivity index (χ3n) is 3.44. The lowest BCUT2D eigenvalue weighted by molar-refractivity contribution is -0.143. The standard InChI is InChI=1S/C18H18ClFN4O4/c1-3-21-18(27)22-15(25)10-28-16(26)9-8-14-11(2)23-24(17(14)19)13-6-4-12(20)5-7-13/h4-9H,3,10H2,1-2H3,(H2,21,22,25,27)/b9-8+. The fourth-order valence-corrected chi connectivity index (χ4v) is 2.49. The molecule has 28 heavy (non-hydrogen) atoms. The molecule has 0 saturated heterocycles. The Morgan fingerprint density at radius 1 is 1.29 bits per heavy atom. The van der Waals surface area contributed by atoms with E-state index in [1.165, 1.54) is 35.0 Å². The highest BCUT2D eigenvalue weighted by Gasteiger charge is 2.14. The minimum atomic E-state index is -0.795. The molecule has 0 unspecified atom stereocenters. The average Bonchev–Trinajstić information content (AvgIpc) is 2.93. The van der Waals surface area contributed by atoms with Gasteiger partial charge in [-0.3, -0.25) is 10.1 Å². The summed E-state index contributed by atoms with van der Waals surface area (Å²) < 4.78 is 19.2. The predicted molar refractivity (Wildman–Crippen MR) is 100 cm³/mol. The molecule has 0 radical (unpaired) electrons. The molecule has 0 bridgehead atoms. The van der Waals surface area contributed by atoms with Crippen LogP contribution in [0.2, 0.25) is 5.15 Å². The molecule has 1 aromatic carbocycles. The van der Waals surface area contributed by atoms with Crippen molar-refractivity contribution in [1.29, 1.82) is 0 Å². The van der Waals surface area contributed by atoms with Crippen LogP contribution < -0.4 is 10.6 Å². The topological polar surface area (TPSA) is 102 Å². The van der Waals surface area contributed by atoms with Gasteiger partial charge in [0.2, 0.25) is 0 Å². The van der Waals surface area contributed by atoms with Gasteiger partial charge in [-0.05, 0) is 44.2 Å². The maximum Gasteiger partial charge on any atom is 0.331 e. The Balaban J connectivity index is 2.00. The molecule has 3 amide bonds. The van der Waals surface area contributed by atoms with E-state index in [-0.39, 0.29) is 11.0 Å². The van der Waals surface area contributed by atoms with Gasteiger partial charge in [-0.1, -0.05) is 11.6 Å². The van der Waals surface area contributed by atoms with E-state index in [2.05, 4.69) is 10.4 Å². The minimum Gasteiger partial charge on any atom is -0.452 e. The van der Waals surface area contributed by atoms with Crippen LogP contribution >= 0.6 is 11.6 Å². The molecule has 0 spiro atoms. The van der Waals surface area contributed by atoms with Crippen LogP contribution in [0.3, 0.4) is 0 Å². The fraction of sp³-hybridized carbons (Fsp3) is 0.222. The quantitative estimate of drug-likeness (QED) is 0.564. The Labute approximate surface area is 165 Å². The van der Waals surface area contributed by atoms with Crippen LogP contribution in [0.5, 0.6) is 0 Å². The normalized spacial score (nSPS) is 10.7. The Morgan fingerprint density at radius 2 is 1.96 bits per heavy atom. The van der Waals surface area contributed by atoms with Crippen molar-refractivity contribution in [1.82, 2.24) is 20.4 Å². The largest absolute Gasteiger partial charge is 0.452 e. The number of urea groups is 1. The highest BCUT2D eigenvalue weighted by Crippen LogP contribution is 2.24. The van der Waals surface area contributed by atoms with Crippen molar-refractivity contribution in [2.75, 3.05) is 13.2 Å². The summed E-state index contributed by atoms with van der Waals surface area (Å²) >= 11 is 6.30. The Kier molecular flexibility index (Phi) is 7.28. The van der Waals surface area contributed by atoms with E-state index in [4.69, 9.17) is 16.3 Å². The molecule has 148 valence electrons. The predicted octanol–water partition coefficient (Wildman–Crippen LogP) is 2.38. The fourth-order valence-electron chi connectivity index (χ4n) is 2.16. The van der Waals surface area contributed by atoms with Gasteiger partial charge in [0, 0.05) is 18.2 Å². The number of esters is 1. The molecule has 0 fully saturated rings. The number of halogens is 2. The molecule has 0 aliphatic carbocycles. The second-order valence-corrected chi connectivity index (χ2v) is 5.88. The smallest absolute Gasteiger partial charge is 0.331 e. The highest BCUT2D eigenvalue weighted by atomic mass is 35.5. The number of benzene rings is 1. The summed E-state index contributed by atoms with van der Waals surface area (Å²) in [6.07, 6.45) is 2.49. The van der Waals surface area contributed by atoms with Crippen molar-refractivity contribution in [3.8, 4) is 5.69 Å².